The minimum atomic E-state index is -3.42. The maximum Gasteiger partial charge on any atom is 0.179 e. The molecule has 0 fully saturated rings. The van der Waals surface area contributed by atoms with Gasteiger partial charge in [-0.3, -0.25) is 4.90 Å². The van der Waals surface area contributed by atoms with Crippen molar-refractivity contribution in [2.75, 3.05) is 38.6 Å². The molecule has 6 nitrogen and oxygen atoms in total. The molecule has 1 aromatic rings. The fourth-order valence-corrected chi connectivity index (χ4v) is 3.23. The molecule has 118 valence electrons. The molecule has 0 unspecified atom stereocenters. The van der Waals surface area contributed by atoms with Gasteiger partial charge in [0.1, 0.15) is 4.99 Å². The average Bonchev–Trinajstić information content (AvgIpc) is 2.45. The number of aliphatic hydroxyl groups excluding tert-OH is 2. The van der Waals surface area contributed by atoms with E-state index in [2.05, 4.69) is 0 Å². The molecule has 0 aliphatic heterocycles. The third kappa shape index (κ3) is 5.68. The topological polar surface area (TPSA) is 104 Å². The predicted molar refractivity (Wildman–Crippen MR) is 85.0 cm³/mol. The van der Waals surface area contributed by atoms with Crippen LogP contribution in [0.3, 0.4) is 0 Å². The highest BCUT2D eigenvalue weighted by molar-refractivity contribution is 7.91. The molecular weight excluding hydrogens is 312 g/mol. The molecule has 1 rings (SSSR count). The van der Waals surface area contributed by atoms with E-state index in [9.17, 15) is 8.42 Å². The summed E-state index contributed by atoms with van der Waals surface area (Å²) in [6.45, 7) is 0.749. The predicted octanol–water partition coefficient (Wildman–Crippen LogP) is -0.619. The first-order valence-electron chi connectivity index (χ1n) is 6.47. The summed E-state index contributed by atoms with van der Waals surface area (Å²) in [5, 5.41) is 17.8. The molecular formula is C13H20N2O4S2. The van der Waals surface area contributed by atoms with Gasteiger partial charge in [0, 0.05) is 25.2 Å². The molecule has 0 aromatic heterocycles. The number of nitrogens with zero attached hydrogens (tertiary/aromatic N) is 1. The lowest BCUT2D eigenvalue weighted by atomic mass is 10.2. The number of sulfone groups is 1. The van der Waals surface area contributed by atoms with Crippen molar-refractivity contribution in [3.8, 4) is 0 Å². The summed E-state index contributed by atoms with van der Waals surface area (Å²) in [6, 6.07) is 6.11. The van der Waals surface area contributed by atoms with Crippen LogP contribution in [0.2, 0.25) is 0 Å². The van der Waals surface area contributed by atoms with E-state index in [0.717, 1.165) is 0 Å². The van der Waals surface area contributed by atoms with Crippen molar-refractivity contribution in [3.63, 3.8) is 0 Å². The van der Waals surface area contributed by atoms with Crippen molar-refractivity contribution in [3.05, 3.63) is 29.8 Å². The van der Waals surface area contributed by atoms with E-state index in [-0.39, 0.29) is 35.4 Å². The molecule has 0 amide bonds. The Morgan fingerprint density at radius 1 is 1.10 bits per heavy atom. The largest absolute Gasteiger partial charge is 0.395 e. The van der Waals surface area contributed by atoms with Crippen molar-refractivity contribution >= 4 is 27.0 Å². The second kappa shape index (κ2) is 8.40. The molecule has 21 heavy (non-hydrogen) atoms. The zero-order valence-electron chi connectivity index (χ0n) is 11.6. The van der Waals surface area contributed by atoms with Crippen molar-refractivity contribution in [1.82, 2.24) is 4.90 Å². The number of thiocarbonyl (C=S) groups is 1. The molecule has 0 radical (unpaired) electrons. The van der Waals surface area contributed by atoms with Gasteiger partial charge in [-0.25, -0.2) is 8.42 Å². The van der Waals surface area contributed by atoms with E-state index in [4.69, 9.17) is 28.2 Å². The number of hydrogen-bond donors (Lipinski definition) is 3. The number of nitrogens with two attached hydrogens (primary N) is 1. The maximum atomic E-state index is 12.2. The first kappa shape index (κ1) is 18.0. The average molecular weight is 332 g/mol. The molecule has 8 heteroatoms. The minimum absolute atomic E-state index is 0.0807. The molecule has 0 spiro atoms. The Kier molecular flexibility index (Phi) is 7.20. The first-order valence-corrected chi connectivity index (χ1v) is 8.53. The lowest BCUT2D eigenvalue weighted by Gasteiger charge is -2.19. The lowest BCUT2D eigenvalue weighted by Crippen LogP contribution is -2.34. The maximum absolute atomic E-state index is 12.2. The van der Waals surface area contributed by atoms with Crippen LogP contribution in [0.15, 0.2) is 29.2 Å². The van der Waals surface area contributed by atoms with Gasteiger partial charge in [0.15, 0.2) is 9.84 Å². The normalized spacial score (nSPS) is 11.8. The highest BCUT2D eigenvalue weighted by Crippen LogP contribution is 2.13. The van der Waals surface area contributed by atoms with Gasteiger partial charge in [-0.1, -0.05) is 24.4 Å². The molecule has 1 aromatic carbocycles. The van der Waals surface area contributed by atoms with Crippen LogP contribution < -0.4 is 5.73 Å². The molecule has 0 aliphatic rings. The van der Waals surface area contributed by atoms with Gasteiger partial charge in [0.05, 0.1) is 23.9 Å². The summed E-state index contributed by atoms with van der Waals surface area (Å²) < 4.78 is 24.4. The van der Waals surface area contributed by atoms with E-state index in [1.54, 1.807) is 17.0 Å². The summed E-state index contributed by atoms with van der Waals surface area (Å²) in [7, 11) is -3.42. The number of rotatable bonds is 9. The van der Waals surface area contributed by atoms with Crippen LogP contribution in [0, 0.1) is 0 Å². The molecule has 0 saturated heterocycles. The van der Waals surface area contributed by atoms with Crippen LogP contribution >= 0.6 is 12.2 Å². The lowest BCUT2D eigenvalue weighted by molar-refractivity contribution is 0.167. The Morgan fingerprint density at radius 3 is 2.05 bits per heavy atom. The Balaban J connectivity index is 2.74. The van der Waals surface area contributed by atoms with Crippen molar-refractivity contribution in [2.24, 2.45) is 5.73 Å². The summed E-state index contributed by atoms with van der Waals surface area (Å²) >= 11 is 4.82. The van der Waals surface area contributed by atoms with E-state index < -0.39 is 9.84 Å². The van der Waals surface area contributed by atoms with Gasteiger partial charge in [0.25, 0.3) is 0 Å². The van der Waals surface area contributed by atoms with Crippen molar-refractivity contribution in [1.29, 1.82) is 0 Å². The second-order valence-corrected chi connectivity index (χ2v) is 7.05. The summed E-state index contributed by atoms with van der Waals surface area (Å²) in [6.07, 6.45) is 0. The fourth-order valence-electron chi connectivity index (χ4n) is 1.81. The van der Waals surface area contributed by atoms with Crippen LogP contribution in [0.5, 0.6) is 0 Å². The first-order chi connectivity index (χ1) is 9.90. The van der Waals surface area contributed by atoms with Crippen LogP contribution in [0.4, 0.5) is 0 Å². The smallest absolute Gasteiger partial charge is 0.179 e. The highest BCUT2D eigenvalue weighted by Gasteiger charge is 2.16. The van der Waals surface area contributed by atoms with Crippen LogP contribution in [-0.2, 0) is 9.84 Å². The Labute approximate surface area is 130 Å². The van der Waals surface area contributed by atoms with Gasteiger partial charge < -0.3 is 15.9 Å². The third-order valence-corrected chi connectivity index (χ3v) is 4.95. The minimum Gasteiger partial charge on any atom is -0.395 e. The van der Waals surface area contributed by atoms with Crippen LogP contribution in [0.1, 0.15) is 5.56 Å². The molecule has 0 heterocycles. The van der Waals surface area contributed by atoms with Gasteiger partial charge in [-0.2, -0.15) is 0 Å². The van der Waals surface area contributed by atoms with Gasteiger partial charge in [-0.15, -0.1) is 0 Å². The highest BCUT2D eigenvalue weighted by atomic mass is 32.2. The molecule has 0 aliphatic carbocycles. The number of hydrogen-bond acceptors (Lipinski definition) is 6. The SMILES string of the molecule is NC(=S)c1ccc(S(=O)(=O)CCN(CCO)CCO)cc1. The summed E-state index contributed by atoms with van der Waals surface area (Å²) in [4.78, 5) is 2.12. The zero-order chi connectivity index (χ0) is 15.9. The standard InChI is InChI=1S/C13H20N2O4S2/c14-13(20)11-1-3-12(4-2-11)21(18,19)10-7-15(5-8-16)6-9-17/h1-4,16-17H,5-10H2,(H2,14,20). The van der Waals surface area contributed by atoms with Gasteiger partial charge in [-0.05, 0) is 12.1 Å². The van der Waals surface area contributed by atoms with Crippen molar-refractivity contribution in [2.45, 2.75) is 4.90 Å². The Bertz CT molecular complexity index is 552. The van der Waals surface area contributed by atoms with E-state index in [1.165, 1.54) is 12.1 Å². The van der Waals surface area contributed by atoms with E-state index in [0.29, 0.717) is 18.7 Å². The van der Waals surface area contributed by atoms with Gasteiger partial charge in [0.2, 0.25) is 0 Å². The third-order valence-electron chi connectivity index (χ3n) is 3.01. The van der Waals surface area contributed by atoms with Crippen molar-refractivity contribution < 1.29 is 18.6 Å². The van der Waals surface area contributed by atoms with E-state index in [1.807, 2.05) is 0 Å². The zero-order valence-corrected chi connectivity index (χ0v) is 13.2. The molecule has 0 bridgehead atoms. The molecule has 4 N–H and O–H groups in total. The summed E-state index contributed by atoms with van der Waals surface area (Å²) in [5.74, 6) is -0.0839. The fraction of sp³-hybridized carbons (Fsp3) is 0.462. The monoisotopic (exact) mass is 332 g/mol. The quantitative estimate of drug-likeness (QED) is 0.518. The Morgan fingerprint density at radius 2 is 1.62 bits per heavy atom. The van der Waals surface area contributed by atoms with Crippen LogP contribution in [-0.4, -0.2) is 67.1 Å². The molecule has 0 atom stereocenters. The number of benzene rings is 1. The van der Waals surface area contributed by atoms with E-state index >= 15 is 0 Å². The Hall–Kier alpha value is -1.06. The second-order valence-electron chi connectivity index (χ2n) is 4.50. The van der Waals surface area contributed by atoms with Gasteiger partial charge >= 0.3 is 0 Å². The summed E-state index contributed by atoms with van der Waals surface area (Å²) in [5.41, 5.74) is 6.08. The number of aliphatic hydroxyl groups is 2. The van der Waals surface area contributed by atoms with Crippen LogP contribution in [0.25, 0.3) is 0 Å². The molecule has 0 saturated carbocycles.